The molecule has 6 rings (SSSR count). The standard InChI is InChI=1S/C25H23NO2/c27-25(28)17-10-11-21-20(13-17)22-15-8-9-16(12-15)23(22)24(26-21)19-7-3-5-14-4-1-2-6-18(14)19/h1-7,10-11,13,15-16,22-24,26H,8-9,12H2,(H,27,28). The molecule has 3 heteroatoms. The molecule has 28 heavy (non-hydrogen) atoms. The number of carbonyl (C=O) groups is 1. The molecule has 5 unspecified atom stereocenters. The number of benzene rings is 3. The fourth-order valence-corrected chi connectivity index (χ4v) is 6.45. The van der Waals surface area contributed by atoms with Crippen molar-refractivity contribution in [1.29, 1.82) is 0 Å². The third-order valence-electron chi connectivity index (χ3n) is 7.49. The number of anilines is 1. The van der Waals surface area contributed by atoms with Crippen molar-refractivity contribution in [3.8, 4) is 0 Å². The van der Waals surface area contributed by atoms with Gasteiger partial charge in [0.15, 0.2) is 0 Å². The molecule has 3 aliphatic rings. The molecule has 3 nitrogen and oxygen atoms in total. The summed E-state index contributed by atoms with van der Waals surface area (Å²) < 4.78 is 0. The Hall–Kier alpha value is -2.81. The number of carboxylic acid groups (broad SMARTS) is 1. The highest BCUT2D eigenvalue weighted by Crippen LogP contribution is 2.64. The molecule has 2 aliphatic carbocycles. The summed E-state index contributed by atoms with van der Waals surface area (Å²) in [7, 11) is 0. The van der Waals surface area contributed by atoms with E-state index in [-0.39, 0.29) is 6.04 Å². The Balaban J connectivity index is 1.54. The molecule has 2 bridgehead atoms. The minimum Gasteiger partial charge on any atom is -0.478 e. The maximum atomic E-state index is 11.6. The summed E-state index contributed by atoms with van der Waals surface area (Å²) in [5, 5.41) is 15.9. The van der Waals surface area contributed by atoms with E-state index in [0.717, 1.165) is 11.6 Å². The molecular weight excluding hydrogens is 346 g/mol. The molecule has 3 aromatic carbocycles. The number of rotatable bonds is 2. The number of carboxylic acids is 1. The Labute approximate surface area is 164 Å². The molecule has 0 radical (unpaired) electrons. The van der Waals surface area contributed by atoms with Crippen molar-refractivity contribution in [1.82, 2.24) is 0 Å². The first-order valence-electron chi connectivity index (χ1n) is 10.3. The zero-order chi connectivity index (χ0) is 18.8. The maximum Gasteiger partial charge on any atom is 0.335 e. The first-order valence-corrected chi connectivity index (χ1v) is 10.3. The Bertz CT molecular complexity index is 1100. The van der Waals surface area contributed by atoms with Crippen molar-refractivity contribution in [2.24, 2.45) is 17.8 Å². The predicted octanol–water partition coefficient (Wildman–Crippen LogP) is 5.83. The fourth-order valence-electron chi connectivity index (χ4n) is 6.45. The van der Waals surface area contributed by atoms with Crippen LogP contribution in [0.2, 0.25) is 0 Å². The lowest BCUT2D eigenvalue weighted by molar-refractivity contribution is 0.0696. The molecule has 0 aromatic heterocycles. The highest BCUT2D eigenvalue weighted by Gasteiger charge is 2.54. The lowest BCUT2D eigenvalue weighted by Gasteiger charge is -2.44. The average Bonchev–Trinajstić information content (AvgIpc) is 3.35. The Morgan fingerprint density at radius 3 is 2.64 bits per heavy atom. The summed E-state index contributed by atoms with van der Waals surface area (Å²) in [6.07, 6.45) is 3.88. The normalized spacial score (nSPS) is 29.9. The van der Waals surface area contributed by atoms with E-state index in [1.165, 1.54) is 41.2 Å². The highest BCUT2D eigenvalue weighted by molar-refractivity contribution is 5.89. The van der Waals surface area contributed by atoms with Crippen molar-refractivity contribution in [3.05, 3.63) is 77.4 Å². The smallest absolute Gasteiger partial charge is 0.335 e. The number of fused-ring (bicyclic) bond motifs is 8. The maximum absolute atomic E-state index is 11.6. The van der Waals surface area contributed by atoms with Crippen LogP contribution < -0.4 is 5.32 Å². The highest BCUT2D eigenvalue weighted by atomic mass is 16.4. The van der Waals surface area contributed by atoms with Crippen molar-refractivity contribution in [3.63, 3.8) is 0 Å². The third kappa shape index (κ3) is 2.19. The number of hydrogen-bond donors (Lipinski definition) is 2. The van der Waals surface area contributed by atoms with Crippen molar-refractivity contribution < 1.29 is 9.90 Å². The van der Waals surface area contributed by atoms with Crippen LogP contribution in [0, 0.1) is 17.8 Å². The molecule has 1 aliphatic heterocycles. The van der Waals surface area contributed by atoms with E-state index < -0.39 is 5.97 Å². The van der Waals surface area contributed by atoms with Crippen LogP contribution >= 0.6 is 0 Å². The van der Waals surface area contributed by atoms with E-state index in [1.54, 1.807) is 6.07 Å². The van der Waals surface area contributed by atoms with Gasteiger partial charge in [0.25, 0.3) is 0 Å². The van der Waals surface area contributed by atoms with Gasteiger partial charge in [-0.25, -0.2) is 4.79 Å². The van der Waals surface area contributed by atoms with Gasteiger partial charge in [-0.2, -0.15) is 0 Å². The monoisotopic (exact) mass is 369 g/mol. The van der Waals surface area contributed by atoms with Crippen molar-refractivity contribution in [2.45, 2.75) is 31.2 Å². The van der Waals surface area contributed by atoms with Gasteiger partial charge in [-0.15, -0.1) is 0 Å². The zero-order valence-electron chi connectivity index (χ0n) is 15.6. The summed E-state index contributed by atoms with van der Waals surface area (Å²) in [5.41, 5.74) is 4.14. The van der Waals surface area contributed by atoms with Crippen LogP contribution in [0.5, 0.6) is 0 Å². The molecule has 0 amide bonds. The van der Waals surface area contributed by atoms with Crippen LogP contribution in [-0.4, -0.2) is 11.1 Å². The minimum absolute atomic E-state index is 0.287. The van der Waals surface area contributed by atoms with Gasteiger partial charge in [0, 0.05) is 5.69 Å². The Morgan fingerprint density at radius 2 is 1.75 bits per heavy atom. The molecular formula is C25H23NO2. The quantitative estimate of drug-likeness (QED) is 0.597. The topological polar surface area (TPSA) is 49.3 Å². The second-order valence-electron chi connectivity index (χ2n) is 8.73. The van der Waals surface area contributed by atoms with Crippen LogP contribution in [0.1, 0.15) is 52.7 Å². The fraction of sp³-hybridized carbons (Fsp3) is 0.320. The first kappa shape index (κ1) is 16.2. The van der Waals surface area contributed by atoms with Gasteiger partial charge in [0.1, 0.15) is 0 Å². The lowest BCUT2D eigenvalue weighted by Crippen LogP contribution is -2.35. The molecule has 1 heterocycles. The van der Waals surface area contributed by atoms with Gasteiger partial charge in [0.2, 0.25) is 0 Å². The summed E-state index contributed by atoms with van der Waals surface area (Å²) in [4.78, 5) is 11.6. The zero-order valence-corrected chi connectivity index (χ0v) is 15.6. The summed E-state index contributed by atoms with van der Waals surface area (Å²) >= 11 is 0. The van der Waals surface area contributed by atoms with Crippen LogP contribution in [0.4, 0.5) is 5.69 Å². The number of hydrogen-bond acceptors (Lipinski definition) is 2. The van der Waals surface area contributed by atoms with E-state index in [1.807, 2.05) is 12.1 Å². The Kier molecular flexibility index (Phi) is 3.37. The first-order chi connectivity index (χ1) is 13.7. The third-order valence-corrected chi connectivity index (χ3v) is 7.49. The second-order valence-corrected chi connectivity index (χ2v) is 8.73. The molecule has 0 spiro atoms. The Morgan fingerprint density at radius 1 is 0.929 bits per heavy atom. The van der Waals surface area contributed by atoms with Crippen LogP contribution in [-0.2, 0) is 0 Å². The summed E-state index contributed by atoms with van der Waals surface area (Å²) in [6.45, 7) is 0. The number of aromatic carboxylic acids is 1. The molecule has 2 saturated carbocycles. The molecule has 2 fully saturated rings. The molecule has 3 aromatic rings. The van der Waals surface area contributed by atoms with E-state index in [2.05, 4.69) is 47.8 Å². The molecule has 0 saturated heterocycles. The van der Waals surface area contributed by atoms with Gasteiger partial charge in [-0.05, 0) is 83.0 Å². The van der Waals surface area contributed by atoms with Gasteiger partial charge >= 0.3 is 5.97 Å². The van der Waals surface area contributed by atoms with E-state index >= 15 is 0 Å². The van der Waals surface area contributed by atoms with Gasteiger partial charge in [-0.1, -0.05) is 42.5 Å². The van der Waals surface area contributed by atoms with E-state index in [9.17, 15) is 9.90 Å². The van der Waals surface area contributed by atoms with E-state index in [4.69, 9.17) is 0 Å². The molecule has 140 valence electrons. The largest absolute Gasteiger partial charge is 0.478 e. The van der Waals surface area contributed by atoms with Crippen LogP contribution in [0.25, 0.3) is 10.8 Å². The number of nitrogens with one attached hydrogen (secondary N) is 1. The van der Waals surface area contributed by atoms with Crippen molar-refractivity contribution in [2.75, 3.05) is 5.32 Å². The van der Waals surface area contributed by atoms with Crippen LogP contribution in [0.15, 0.2) is 60.7 Å². The predicted molar refractivity (Wildman–Crippen MR) is 111 cm³/mol. The average molecular weight is 369 g/mol. The summed E-state index contributed by atoms with van der Waals surface area (Å²) in [6, 6.07) is 21.2. The minimum atomic E-state index is -0.835. The molecule has 2 N–H and O–H groups in total. The van der Waals surface area contributed by atoms with Crippen LogP contribution in [0.3, 0.4) is 0 Å². The molecule has 5 atom stereocenters. The van der Waals surface area contributed by atoms with E-state index in [0.29, 0.717) is 23.3 Å². The van der Waals surface area contributed by atoms with Gasteiger partial charge in [0.05, 0.1) is 11.6 Å². The SMILES string of the molecule is O=C(O)c1ccc2c(c1)C1C3CCC(C3)C1C(c1cccc3ccccc13)N2. The van der Waals surface area contributed by atoms with Gasteiger partial charge < -0.3 is 10.4 Å². The lowest BCUT2D eigenvalue weighted by atomic mass is 9.67. The second kappa shape index (κ2) is 5.84. The summed E-state index contributed by atoms with van der Waals surface area (Å²) in [5.74, 6) is 1.60. The van der Waals surface area contributed by atoms with Gasteiger partial charge in [-0.3, -0.25) is 0 Å². The van der Waals surface area contributed by atoms with Crippen molar-refractivity contribution >= 4 is 22.4 Å².